The Morgan fingerprint density at radius 2 is 2.04 bits per heavy atom. The number of aliphatic carboxylic acids is 1. The molecule has 1 heterocycles. The van der Waals surface area contributed by atoms with Crippen molar-refractivity contribution in [1.29, 1.82) is 0 Å². The standard InChI is InChI=1S/C24H40O4/c1-17(11-12-20-18(2)10-8-14-23(20,4)5)9-7-15-24(6)16-13-21(27-28-24)19(3)22(25)26/h9,19,21H,7-8,10-16H2,1-6H3,(H,25,26)/t19?,21-,24+/m1/s1. The van der Waals surface area contributed by atoms with Crippen LogP contribution in [0.3, 0.4) is 0 Å². The molecule has 1 aliphatic heterocycles. The lowest BCUT2D eigenvalue weighted by atomic mass is 9.71. The van der Waals surface area contributed by atoms with E-state index in [9.17, 15) is 4.79 Å². The summed E-state index contributed by atoms with van der Waals surface area (Å²) in [6.45, 7) is 13.1. The fourth-order valence-electron chi connectivity index (χ4n) is 4.65. The van der Waals surface area contributed by atoms with Gasteiger partial charge in [-0.15, -0.1) is 0 Å². The first kappa shape index (κ1) is 23.2. The highest BCUT2D eigenvalue weighted by atomic mass is 17.2. The molecule has 1 N–H and O–H groups in total. The Morgan fingerprint density at radius 1 is 1.32 bits per heavy atom. The van der Waals surface area contributed by atoms with Crippen molar-refractivity contribution in [2.45, 2.75) is 111 Å². The monoisotopic (exact) mass is 392 g/mol. The molecular formula is C24H40O4. The van der Waals surface area contributed by atoms with Gasteiger partial charge in [0.05, 0.1) is 5.92 Å². The molecule has 28 heavy (non-hydrogen) atoms. The van der Waals surface area contributed by atoms with Crippen molar-refractivity contribution >= 4 is 5.97 Å². The third kappa shape index (κ3) is 6.18. The molecule has 0 amide bonds. The predicted molar refractivity (Wildman–Crippen MR) is 113 cm³/mol. The van der Waals surface area contributed by atoms with Gasteiger partial charge < -0.3 is 5.11 Å². The maximum Gasteiger partial charge on any atom is 0.308 e. The molecule has 0 aromatic heterocycles. The van der Waals surface area contributed by atoms with Crippen LogP contribution in [-0.2, 0) is 14.6 Å². The number of carbonyl (C=O) groups is 1. The molecule has 2 rings (SSSR count). The molecule has 4 heteroatoms. The maximum atomic E-state index is 11.1. The van der Waals surface area contributed by atoms with Crippen LogP contribution in [-0.4, -0.2) is 22.8 Å². The summed E-state index contributed by atoms with van der Waals surface area (Å²) in [5, 5.41) is 9.11. The van der Waals surface area contributed by atoms with Crippen LogP contribution >= 0.6 is 0 Å². The van der Waals surface area contributed by atoms with Crippen LogP contribution in [0.15, 0.2) is 22.8 Å². The van der Waals surface area contributed by atoms with Crippen molar-refractivity contribution in [3.8, 4) is 0 Å². The second-order valence-electron chi connectivity index (χ2n) is 9.92. The Balaban J connectivity index is 1.79. The lowest BCUT2D eigenvalue weighted by Crippen LogP contribution is -2.41. The SMILES string of the molecule is CC(=CCC[C@@]1(C)CC[C@H](C(C)C(=O)O)OO1)CCC1=C(C)CCCC1(C)C. The van der Waals surface area contributed by atoms with Gasteiger partial charge in [0.2, 0.25) is 0 Å². The molecule has 1 aliphatic carbocycles. The van der Waals surface area contributed by atoms with Gasteiger partial charge in [0, 0.05) is 0 Å². The lowest BCUT2D eigenvalue weighted by Gasteiger charge is -2.37. The predicted octanol–water partition coefficient (Wildman–Crippen LogP) is 6.61. The molecule has 0 radical (unpaired) electrons. The van der Waals surface area contributed by atoms with Gasteiger partial charge in [0.1, 0.15) is 11.7 Å². The Morgan fingerprint density at radius 3 is 2.61 bits per heavy atom. The Hall–Kier alpha value is -1.13. The van der Waals surface area contributed by atoms with Crippen molar-refractivity contribution in [2.24, 2.45) is 11.3 Å². The van der Waals surface area contributed by atoms with Crippen molar-refractivity contribution in [3.63, 3.8) is 0 Å². The Labute approximate surface area is 171 Å². The second-order valence-corrected chi connectivity index (χ2v) is 9.92. The average molecular weight is 393 g/mol. The van der Waals surface area contributed by atoms with Crippen molar-refractivity contribution in [3.05, 3.63) is 22.8 Å². The van der Waals surface area contributed by atoms with Crippen LogP contribution < -0.4 is 0 Å². The minimum atomic E-state index is -0.831. The number of allylic oxidation sites excluding steroid dienone is 4. The van der Waals surface area contributed by atoms with E-state index in [2.05, 4.69) is 40.7 Å². The van der Waals surface area contributed by atoms with Gasteiger partial charge in [0.15, 0.2) is 0 Å². The van der Waals surface area contributed by atoms with Gasteiger partial charge in [-0.2, -0.15) is 0 Å². The van der Waals surface area contributed by atoms with E-state index in [0.29, 0.717) is 5.41 Å². The Kier molecular flexibility index (Phi) is 7.92. The molecular weight excluding hydrogens is 352 g/mol. The maximum absolute atomic E-state index is 11.1. The lowest BCUT2D eigenvalue weighted by molar-refractivity contribution is -0.411. The minimum Gasteiger partial charge on any atom is -0.481 e. The summed E-state index contributed by atoms with van der Waals surface area (Å²) in [5.74, 6) is -1.37. The number of rotatable bonds is 8. The molecule has 0 spiro atoms. The largest absolute Gasteiger partial charge is 0.481 e. The van der Waals surface area contributed by atoms with Gasteiger partial charge in [-0.3, -0.25) is 4.79 Å². The van der Waals surface area contributed by atoms with Crippen LogP contribution in [0.2, 0.25) is 0 Å². The molecule has 0 aromatic rings. The second kappa shape index (κ2) is 9.58. The molecule has 1 fully saturated rings. The summed E-state index contributed by atoms with van der Waals surface area (Å²) in [4.78, 5) is 22.2. The first-order valence-electron chi connectivity index (χ1n) is 11.0. The van der Waals surface area contributed by atoms with Crippen LogP contribution in [0.5, 0.6) is 0 Å². The Bertz CT molecular complexity index is 606. The van der Waals surface area contributed by atoms with Crippen molar-refractivity contribution in [1.82, 2.24) is 0 Å². The third-order valence-electron chi connectivity index (χ3n) is 6.90. The molecule has 1 saturated heterocycles. The van der Waals surface area contributed by atoms with E-state index in [1.165, 1.54) is 31.3 Å². The summed E-state index contributed by atoms with van der Waals surface area (Å²) in [5.41, 5.74) is 4.75. The molecule has 1 unspecified atom stereocenters. The van der Waals surface area contributed by atoms with E-state index in [1.54, 1.807) is 18.1 Å². The first-order valence-corrected chi connectivity index (χ1v) is 11.0. The van der Waals surface area contributed by atoms with Gasteiger partial charge in [-0.05, 0) is 90.9 Å². The summed E-state index contributed by atoms with van der Waals surface area (Å²) in [6.07, 6.45) is 11.6. The zero-order valence-electron chi connectivity index (χ0n) is 18.8. The van der Waals surface area contributed by atoms with Crippen LogP contribution in [0.1, 0.15) is 99.3 Å². The number of hydrogen-bond donors (Lipinski definition) is 1. The highest BCUT2D eigenvalue weighted by Crippen LogP contribution is 2.42. The zero-order chi connectivity index (χ0) is 20.9. The summed E-state index contributed by atoms with van der Waals surface area (Å²) < 4.78 is 0. The first-order chi connectivity index (χ1) is 13.0. The molecule has 160 valence electrons. The zero-order valence-corrected chi connectivity index (χ0v) is 18.8. The van der Waals surface area contributed by atoms with Gasteiger partial charge >= 0.3 is 5.97 Å². The van der Waals surface area contributed by atoms with Crippen LogP contribution in [0.4, 0.5) is 0 Å². The molecule has 0 bridgehead atoms. The third-order valence-corrected chi connectivity index (χ3v) is 6.90. The quantitative estimate of drug-likeness (QED) is 0.373. The number of carboxylic acids is 1. The highest BCUT2D eigenvalue weighted by Gasteiger charge is 2.37. The number of hydrogen-bond acceptors (Lipinski definition) is 3. The molecule has 0 saturated carbocycles. The number of carboxylic acid groups (broad SMARTS) is 1. The van der Waals surface area contributed by atoms with E-state index >= 15 is 0 Å². The van der Waals surface area contributed by atoms with Crippen molar-refractivity contribution < 1.29 is 19.7 Å². The highest BCUT2D eigenvalue weighted by molar-refractivity contribution is 5.70. The molecule has 4 nitrogen and oxygen atoms in total. The van der Waals surface area contributed by atoms with E-state index in [0.717, 1.165) is 32.1 Å². The summed E-state index contributed by atoms with van der Waals surface area (Å²) >= 11 is 0. The molecule has 3 atom stereocenters. The summed E-state index contributed by atoms with van der Waals surface area (Å²) in [7, 11) is 0. The van der Waals surface area contributed by atoms with Crippen LogP contribution in [0, 0.1) is 11.3 Å². The van der Waals surface area contributed by atoms with Gasteiger partial charge in [-0.1, -0.05) is 36.6 Å². The fraction of sp³-hybridized carbons (Fsp3) is 0.792. The van der Waals surface area contributed by atoms with Gasteiger partial charge in [-0.25, -0.2) is 9.78 Å². The molecule has 0 aromatic carbocycles. The summed E-state index contributed by atoms with van der Waals surface area (Å²) in [6, 6.07) is 0. The normalized spacial score (nSPS) is 29.6. The van der Waals surface area contributed by atoms with E-state index in [4.69, 9.17) is 14.9 Å². The fourth-order valence-corrected chi connectivity index (χ4v) is 4.65. The topological polar surface area (TPSA) is 55.8 Å². The minimum absolute atomic E-state index is 0.323. The van der Waals surface area contributed by atoms with Gasteiger partial charge in [0.25, 0.3) is 0 Å². The molecule has 2 aliphatic rings. The van der Waals surface area contributed by atoms with Crippen molar-refractivity contribution in [2.75, 3.05) is 0 Å². The van der Waals surface area contributed by atoms with E-state index in [-0.39, 0.29) is 11.7 Å². The average Bonchev–Trinajstić information content (AvgIpc) is 2.60. The van der Waals surface area contributed by atoms with Crippen LogP contribution in [0.25, 0.3) is 0 Å². The van der Waals surface area contributed by atoms with E-state index < -0.39 is 11.9 Å². The smallest absolute Gasteiger partial charge is 0.308 e. The van der Waals surface area contributed by atoms with E-state index in [1.807, 2.05) is 0 Å².